The van der Waals surface area contributed by atoms with Crippen LogP contribution in [0.2, 0.25) is 0 Å². The molecular formula is C13H16N2O. The molecule has 3 nitrogen and oxygen atoms in total. The minimum absolute atomic E-state index is 0.135. The van der Waals surface area contributed by atoms with Gasteiger partial charge in [-0.05, 0) is 12.5 Å². The van der Waals surface area contributed by atoms with Crippen LogP contribution in [0.5, 0.6) is 0 Å². The molecule has 1 heterocycles. The predicted octanol–water partition coefficient (Wildman–Crippen LogP) is 1.89. The quantitative estimate of drug-likeness (QED) is 0.757. The Morgan fingerprint density at radius 2 is 1.88 bits per heavy atom. The number of hydrogen-bond donors (Lipinski definition) is 0. The molecule has 0 unspecified atom stereocenters. The second kappa shape index (κ2) is 5.11. The number of rotatable bonds is 2. The van der Waals surface area contributed by atoms with E-state index in [9.17, 15) is 5.26 Å². The van der Waals surface area contributed by atoms with Crippen molar-refractivity contribution in [1.29, 1.82) is 5.26 Å². The maximum atomic E-state index is 9.27. The van der Waals surface area contributed by atoms with Crippen LogP contribution < -0.4 is 0 Å². The third kappa shape index (κ3) is 2.41. The van der Waals surface area contributed by atoms with Gasteiger partial charge >= 0.3 is 0 Å². The summed E-state index contributed by atoms with van der Waals surface area (Å²) in [4.78, 5) is 2.17. The van der Waals surface area contributed by atoms with Crippen molar-refractivity contribution in [2.45, 2.75) is 13.0 Å². The lowest BCUT2D eigenvalue weighted by Gasteiger charge is -2.30. The average Bonchev–Trinajstić information content (AvgIpc) is 2.34. The van der Waals surface area contributed by atoms with Gasteiger partial charge in [0.05, 0.1) is 19.3 Å². The van der Waals surface area contributed by atoms with Gasteiger partial charge in [0.1, 0.15) is 6.04 Å². The minimum atomic E-state index is -0.135. The lowest BCUT2D eigenvalue weighted by molar-refractivity contribution is 0.0266. The molecule has 0 spiro atoms. The summed E-state index contributed by atoms with van der Waals surface area (Å²) in [6, 6.07) is 10.4. The summed E-state index contributed by atoms with van der Waals surface area (Å²) in [6.07, 6.45) is 0. The highest BCUT2D eigenvalue weighted by Crippen LogP contribution is 2.21. The van der Waals surface area contributed by atoms with Crippen LogP contribution in [0.3, 0.4) is 0 Å². The number of nitriles is 1. The number of hydrogen-bond acceptors (Lipinski definition) is 3. The highest BCUT2D eigenvalue weighted by Gasteiger charge is 2.21. The van der Waals surface area contributed by atoms with Crippen molar-refractivity contribution < 1.29 is 4.74 Å². The van der Waals surface area contributed by atoms with Crippen molar-refractivity contribution in [3.63, 3.8) is 0 Å². The Labute approximate surface area is 96.2 Å². The second-order valence-electron chi connectivity index (χ2n) is 4.09. The van der Waals surface area contributed by atoms with Crippen LogP contribution in [0.15, 0.2) is 24.3 Å². The van der Waals surface area contributed by atoms with Crippen molar-refractivity contribution in [3.05, 3.63) is 35.4 Å². The molecule has 1 saturated heterocycles. The normalized spacial score (nSPS) is 19.0. The van der Waals surface area contributed by atoms with Gasteiger partial charge in [0.25, 0.3) is 0 Å². The first-order valence-corrected chi connectivity index (χ1v) is 5.59. The van der Waals surface area contributed by atoms with E-state index in [4.69, 9.17) is 4.74 Å². The summed E-state index contributed by atoms with van der Waals surface area (Å²) in [5, 5.41) is 9.27. The summed E-state index contributed by atoms with van der Waals surface area (Å²) >= 11 is 0. The molecule has 3 heteroatoms. The topological polar surface area (TPSA) is 36.3 Å². The molecule has 1 aromatic rings. The Kier molecular flexibility index (Phi) is 3.55. The van der Waals surface area contributed by atoms with Crippen molar-refractivity contribution in [3.8, 4) is 6.07 Å². The molecule has 0 aliphatic carbocycles. The molecule has 0 amide bonds. The SMILES string of the molecule is Cc1ccc([C@H](C#N)N2CCOCC2)cc1. The molecule has 1 fully saturated rings. The first-order valence-electron chi connectivity index (χ1n) is 5.59. The van der Waals surface area contributed by atoms with Gasteiger partial charge in [-0.25, -0.2) is 0 Å². The third-order valence-electron chi connectivity index (χ3n) is 2.93. The number of morpholine rings is 1. The molecule has 1 aliphatic heterocycles. The van der Waals surface area contributed by atoms with Gasteiger partial charge in [-0.3, -0.25) is 4.90 Å². The fourth-order valence-corrected chi connectivity index (χ4v) is 1.95. The zero-order valence-electron chi connectivity index (χ0n) is 9.52. The van der Waals surface area contributed by atoms with Gasteiger partial charge in [0, 0.05) is 13.1 Å². The molecule has 0 radical (unpaired) electrons. The van der Waals surface area contributed by atoms with E-state index >= 15 is 0 Å². The Morgan fingerprint density at radius 1 is 1.25 bits per heavy atom. The smallest absolute Gasteiger partial charge is 0.124 e. The molecule has 1 aliphatic rings. The summed E-state index contributed by atoms with van der Waals surface area (Å²) in [5.41, 5.74) is 2.30. The maximum absolute atomic E-state index is 9.27. The van der Waals surface area contributed by atoms with Crippen molar-refractivity contribution in [2.24, 2.45) is 0 Å². The first kappa shape index (κ1) is 11.1. The molecular weight excluding hydrogens is 200 g/mol. The third-order valence-corrected chi connectivity index (χ3v) is 2.93. The fraction of sp³-hybridized carbons (Fsp3) is 0.462. The largest absolute Gasteiger partial charge is 0.379 e. The van der Waals surface area contributed by atoms with E-state index in [1.54, 1.807) is 0 Å². The zero-order chi connectivity index (χ0) is 11.4. The van der Waals surface area contributed by atoms with Gasteiger partial charge in [0.15, 0.2) is 0 Å². The van der Waals surface area contributed by atoms with E-state index in [2.05, 4.69) is 30.0 Å². The predicted molar refractivity (Wildman–Crippen MR) is 61.9 cm³/mol. The molecule has 16 heavy (non-hydrogen) atoms. The zero-order valence-corrected chi connectivity index (χ0v) is 9.52. The van der Waals surface area contributed by atoms with E-state index < -0.39 is 0 Å². The van der Waals surface area contributed by atoms with Crippen LogP contribution >= 0.6 is 0 Å². The van der Waals surface area contributed by atoms with Crippen LogP contribution in [0.4, 0.5) is 0 Å². The monoisotopic (exact) mass is 216 g/mol. The number of aryl methyl sites for hydroxylation is 1. The lowest BCUT2D eigenvalue weighted by atomic mass is 10.0. The average molecular weight is 216 g/mol. The van der Waals surface area contributed by atoms with Crippen LogP contribution in [0.1, 0.15) is 17.2 Å². The van der Waals surface area contributed by atoms with Crippen molar-refractivity contribution >= 4 is 0 Å². The molecule has 0 saturated carbocycles. The molecule has 0 N–H and O–H groups in total. The Hall–Kier alpha value is -1.37. The Morgan fingerprint density at radius 3 is 2.44 bits per heavy atom. The van der Waals surface area contributed by atoms with Gasteiger partial charge < -0.3 is 4.74 Å². The fourth-order valence-electron chi connectivity index (χ4n) is 1.95. The van der Waals surface area contributed by atoms with Crippen LogP contribution in [0.25, 0.3) is 0 Å². The van der Waals surface area contributed by atoms with Gasteiger partial charge in [-0.2, -0.15) is 5.26 Å². The van der Waals surface area contributed by atoms with Crippen molar-refractivity contribution in [1.82, 2.24) is 4.90 Å². The molecule has 0 bridgehead atoms. The molecule has 1 aromatic carbocycles. The minimum Gasteiger partial charge on any atom is -0.379 e. The van der Waals surface area contributed by atoms with Crippen LogP contribution in [-0.4, -0.2) is 31.2 Å². The summed E-state index contributed by atoms with van der Waals surface area (Å²) in [7, 11) is 0. The second-order valence-corrected chi connectivity index (χ2v) is 4.09. The van der Waals surface area contributed by atoms with Gasteiger partial charge in [-0.1, -0.05) is 29.8 Å². The van der Waals surface area contributed by atoms with E-state index in [1.165, 1.54) is 5.56 Å². The summed E-state index contributed by atoms with van der Waals surface area (Å²) in [6.45, 7) is 5.19. The Bertz CT molecular complexity index is 374. The number of benzene rings is 1. The summed E-state index contributed by atoms with van der Waals surface area (Å²) < 4.78 is 5.30. The highest BCUT2D eigenvalue weighted by molar-refractivity contribution is 5.27. The standard InChI is InChI=1S/C13H16N2O/c1-11-2-4-12(5-3-11)13(10-14)15-6-8-16-9-7-15/h2-5,13H,6-9H2,1H3/t13-/m0/s1. The van der Waals surface area contributed by atoms with E-state index in [1.807, 2.05) is 12.1 Å². The summed E-state index contributed by atoms with van der Waals surface area (Å²) in [5.74, 6) is 0. The number of ether oxygens (including phenoxy) is 1. The molecule has 0 aromatic heterocycles. The highest BCUT2D eigenvalue weighted by atomic mass is 16.5. The Balaban J connectivity index is 2.15. The molecule has 1 atom stereocenters. The van der Waals surface area contributed by atoms with Gasteiger partial charge in [0.2, 0.25) is 0 Å². The van der Waals surface area contributed by atoms with E-state index in [0.717, 1.165) is 31.9 Å². The molecule has 84 valence electrons. The lowest BCUT2D eigenvalue weighted by Crippen LogP contribution is -2.38. The van der Waals surface area contributed by atoms with Crippen LogP contribution in [0, 0.1) is 18.3 Å². The van der Waals surface area contributed by atoms with Crippen LogP contribution in [-0.2, 0) is 4.74 Å². The van der Waals surface area contributed by atoms with E-state index in [0.29, 0.717) is 0 Å². The van der Waals surface area contributed by atoms with Gasteiger partial charge in [-0.15, -0.1) is 0 Å². The number of nitrogens with zero attached hydrogens (tertiary/aromatic N) is 2. The maximum Gasteiger partial charge on any atom is 0.124 e. The molecule has 2 rings (SSSR count). The van der Waals surface area contributed by atoms with E-state index in [-0.39, 0.29) is 6.04 Å². The first-order chi connectivity index (χ1) is 7.81. The van der Waals surface area contributed by atoms with Crippen molar-refractivity contribution in [2.75, 3.05) is 26.3 Å².